The number of carbonyl (C=O) groups excluding carboxylic acids is 1. The highest BCUT2D eigenvalue weighted by atomic mass is 16.2. The molecule has 0 aromatic heterocycles. The van der Waals surface area contributed by atoms with Crippen LogP contribution in [0.1, 0.15) is 5.56 Å². The van der Waals surface area contributed by atoms with Crippen LogP contribution in [0.4, 0.5) is 10.5 Å². The van der Waals surface area contributed by atoms with Gasteiger partial charge in [0.25, 0.3) is 0 Å². The van der Waals surface area contributed by atoms with Crippen LogP contribution in [0.2, 0.25) is 0 Å². The van der Waals surface area contributed by atoms with Crippen LogP contribution in [-0.4, -0.2) is 30.6 Å². The van der Waals surface area contributed by atoms with Crippen LogP contribution >= 0.6 is 0 Å². The number of benzene rings is 1. The normalized spacial score (nSPS) is 20.5. The van der Waals surface area contributed by atoms with Gasteiger partial charge in [0.15, 0.2) is 0 Å². The van der Waals surface area contributed by atoms with E-state index in [9.17, 15) is 4.79 Å². The fourth-order valence-corrected chi connectivity index (χ4v) is 1.80. The first-order valence-electron chi connectivity index (χ1n) is 5.01. The molecule has 1 heterocycles. The van der Waals surface area contributed by atoms with Crippen molar-refractivity contribution in [2.24, 2.45) is 0 Å². The summed E-state index contributed by atoms with van der Waals surface area (Å²) in [5, 5.41) is 2.92. The molecule has 4 nitrogen and oxygen atoms in total. The number of nitrogen functional groups attached to an aromatic ring is 1. The van der Waals surface area contributed by atoms with E-state index in [2.05, 4.69) is 5.32 Å². The predicted molar refractivity (Wildman–Crippen MR) is 59.5 cm³/mol. The summed E-state index contributed by atoms with van der Waals surface area (Å²) in [6.07, 6.45) is 0.858. The molecule has 15 heavy (non-hydrogen) atoms. The molecule has 1 fully saturated rings. The van der Waals surface area contributed by atoms with Crippen molar-refractivity contribution in [2.45, 2.75) is 12.5 Å². The number of hydrogen-bond acceptors (Lipinski definition) is 2. The first-order valence-corrected chi connectivity index (χ1v) is 5.01. The van der Waals surface area contributed by atoms with Crippen molar-refractivity contribution in [3.63, 3.8) is 0 Å². The Balaban J connectivity index is 1.98. The Bertz CT molecular complexity index is 361. The summed E-state index contributed by atoms with van der Waals surface area (Å²) in [5.74, 6) is 0. The van der Waals surface area contributed by atoms with Crippen molar-refractivity contribution in [3.8, 4) is 0 Å². The Morgan fingerprint density at radius 3 is 2.67 bits per heavy atom. The molecule has 1 atom stereocenters. The van der Waals surface area contributed by atoms with E-state index in [1.807, 2.05) is 24.3 Å². The maximum absolute atomic E-state index is 11.2. The van der Waals surface area contributed by atoms with Gasteiger partial charge in [0.2, 0.25) is 0 Å². The smallest absolute Gasteiger partial charge is 0.317 e. The number of anilines is 1. The molecule has 1 saturated heterocycles. The third-order valence-corrected chi connectivity index (χ3v) is 2.63. The summed E-state index contributed by atoms with van der Waals surface area (Å²) in [5.41, 5.74) is 7.57. The fourth-order valence-electron chi connectivity index (χ4n) is 1.80. The zero-order valence-corrected chi connectivity index (χ0v) is 8.73. The minimum absolute atomic E-state index is 0.00967. The van der Waals surface area contributed by atoms with Crippen molar-refractivity contribution in [3.05, 3.63) is 29.8 Å². The van der Waals surface area contributed by atoms with Crippen LogP contribution in [0.15, 0.2) is 24.3 Å². The number of nitrogens with zero attached hydrogens (tertiary/aromatic N) is 1. The largest absolute Gasteiger partial charge is 0.399 e. The van der Waals surface area contributed by atoms with Crippen LogP contribution in [0, 0.1) is 0 Å². The molecule has 1 aromatic carbocycles. The second kappa shape index (κ2) is 3.81. The summed E-state index contributed by atoms with van der Waals surface area (Å²) in [4.78, 5) is 12.9. The molecule has 3 N–H and O–H groups in total. The Morgan fingerprint density at radius 1 is 1.47 bits per heavy atom. The number of urea groups is 1. The van der Waals surface area contributed by atoms with Crippen LogP contribution in [-0.2, 0) is 6.42 Å². The summed E-state index contributed by atoms with van der Waals surface area (Å²) in [6, 6.07) is 7.99. The number of hydrogen-bond donors (Lipinski definition) is 2. The molecule has 2 rings (SSSR count). The average Bonchev–Trinajstić information content (AvgIpc) is 2.50. The Morgan fingerprint density at radius 2 is 2.13 bits per heavy atom. The van der Waals surface area contributed by atoms with E-state index in [1.165, 1.54) is 5.56 Å². The van der Waals surface area contributed by atoms with E-state index >= 15 is 0 Å². The maximum atomic E-state index is 11.2. The van der Waals surface area contributed by atoms with E-state index in [0.717, 1.165) is 18.7 Å². The van der Waals surface area contributed by atoms with E-state index in [1.54, 1.807) is 11.9 Å². The topological polar surface area (TPSA) is 58.4 Å². The fraction of sp³-hybridized carbons (Fsp3) is 0.364. The monoisotopic (exact) mass is 205 g/mol. The summed E-state index contributed by atoms with van der Waals surface area (Å²) in [6.45, 7) is 0.767. The Labute approximate surface area is 89.1 Å². The SMILES string of the molecule is CN1CC(Cc2ccc(N)cc2)NC1=O. The lowest BCUT2D eigenvalue weighted by Gasteiger charge is -2.09. The molecular weight excluding hydrogens is 190 g/mol. The Hall–Kier alpha value is -1.71. The lowest BCUT2D eigenvalue weighted by molar-refractivity contribution is 0.226. The molecule has 4 heteroatoms. The van der Waals surface area contributed by atoms with Gasteiger partial charge in [-0.25, -0.2) is 4.79 Å². The molecule has 1 unspecified atom stereocenters. The number of carbonyl (C=O) groups is 1. The highest BCUT2D eigenvalue weighted by Crippen LogP contribution is 2.11. The number of rotatable bonds is 2. The van der Waals surface area contributed by atoms with Crippen LogP contribution in [0.3, 0.4) is 0 Å². The molecule has 0 saturated carbocycles. The molecule has 0 aliphatic carbocycles. The second-order valence-electron chi connectivity index (χ2n) is 3.97. The number of nitrogens with two attached hydrogens (primary N) is 1. The summed E-state index contributed by atoms with van der Waals surface area (Å²) < 4.78 is 0. The lowest BCUT2D eigenvalue weighted by atomic mass is 10.1. The third kappa shape index (κ3) is 2.21. The molecule has 80 valence electrons. The number of likely N-dealkylation sites (N-methyl/N-ethyl adjacent to an activating group) is 1. The number of amides is 2. The molecular formula is C11H15N3O. The summed E-state index contributed by atoms with van der Waals surface area (Å²) in [7, 11) is 1.80. The molecule has 0 radical (unpaired) electrons. The third-order valence-electron chi connectivity index (χ3n) is 2.63. The molecule has 2 amide bonds. The maximum Gasteiger partial charge on any atom is 0.317 e. The quantitative estimate of drug-likeness (QED) is 0.703. The minimum atomic E-state index is 0.00967. The van der Waals surface area contributed by atoms with E-state index in [4.69, 9.17) is 5.73 Å². The van der Waals surface area contributed by atoms with Crippen LogP contribution < -0.4 is 11.1 Å². The van der Waals surface area contributed by atoms with Crippen molar-refractivity contribution in [1.82, 2.24) is 10.2 Å². The van der Waals surface area contributed by atoms with Gasteiger partial charge in [-0.2, -0.15) is 0 Å². The molecule has 0 spiro atoms. The van der Waals surface area contributed by atoms with Crippen LogP contribution in [0.25, 0.3) is 0 Å². The van der Waals surface area contributed by atoms with Gasteiger partial charge in [-0.15, -0.1) is 0 Å². The highest BCUT2D eigenvalue weighted by molar-refractivity contribution is 5.76. The number of nitrogens with one attached hydrogen (secondary N) is 1. The Kier molecular flexibility index (Phi) is 2.49. The van der Waals surface area contributed by atoms with Gasteiger partial charge in [-0.1, -0.05) is 12.1 Å². The van der Waals surface area contributed by atoms with Gasteiger partial charge < -0.3 is 16.0 Å². The standard InChI is InChI=1S/C11H15N3O/c1-14-7-10(13-11(14)15)6-8-2-4-9(12)5-3-8/h2-5,10H,6-7,12H2,1H3,(H,13,15). The van der Waals surface area contributed by atoms with Crippen molar-refractivity contribution in [2.75, 3.05) is 19.3 Å². The van der Waals surface area contributed by atoms with E-state index < -0.39 is 0 Å². The van der Waals surface area contributed by atoms with Crippen molar-refractivity contribution >= 4 is 11.7 Å². The van der Waals surface area contributed by atoms with Gasteiger partial charge in [-0.05, 0) is 24.1 Å². The van der Waals surface area contributed by atoms with Gasteiger partial charge >= 0.3 is 6.03 Å². The van der Waals surface area contributed by atoms with Gasteiger partial charge in [0.1, 0.15) is 0 Å². The molecule has 1 aliphatic rings. The first kappa shape index (κ1) is 9.83. The molecule has 1 aliphatic heterocycles. The molecule has 1 aromatic rings. The van der Waals surface area contributed by atoms with Crippen molar-refractivity contribution in [1.29, 1.82) is 0 Å². The van der Waals surface area contributed by atoms with E-state index in [0.29, 0.717) is 0 Å². The van der Waals surface area contributed by atoms with Crippen LogP contribution in [0.5, 0.6) is 0 Å². The lowest BCUT2D eigenvalue weighted by Crippen LogP contribution is -2.28. The highest BCUT2D eigenvalue weighted by Gasteiger charge is 2.25. The zero-order chi connectivity index (χ0) is 10.8. The van der Waals surface area contributed by atoms with Gasteiger partial charge in [-0.3, -0.25) is 0 Å². The molecule has 0 bridgehead atoms. The summed E-state index contributed by atoms with van der Waals surface area (Å²) >= 11 is 0. The predicted octanol–water partition coefficient (Wildman–Crippen LogP) is 0.835. The zero-order valence-electron chi connectivity index (χ0n) is 8.73. The minimum Gasteiger partial charge on any atom is -0.399 e. The van der Waals surface area contributed by atoms with E-state index in [-0.39, 0.29) is 12.1 Å². The second-order valence-corrected chi connectivity index (χ2v) is 3.97. The average molecular weight is 205 g/mol. The van der Waals surface area contributed by atoms with Gasteiger partial charge in [0.05, 0.1) is 6.04 Å². The van der Waals surface area contributed by atoms with Crippen molar-refractivity contribution < 1.29 is 4.79 Å². The first-order chi connectivity index (χ1) is 7.15. The van der Waals surface area contributed by atoms with Gasteiger partial charge in [0, 0.05) is 19.3 Å².